The van der Waals surface area contributed by atoms with Crippen molar-refractivity contribution in [3.05, 3.63) is 23.8 Å². The number of nitrogens with two attached hydrogens (primary N) is 1. The first kappa shape index (κ1) is 20.4. The molecule has 0 aromatic heterocycles. The van der Waals surface area contributed by atoms with Gasteiger partial charge in [0.1, 0.15) is 11.5 Å². The number of halogens is 3. The first-order chi connectivity index (χ1) is 11.0. The molecule has 3 N–H and O–H groups in total. The molecule has 2 rings (SSSR count). The second kappa shape index (κ2) is 9.64. The Labute approximate surface area is 146 Å². The number of hydrogen-bond acceptors (Lipinski definition) is 4. The van der Waals surface area contributed by atoms with Crippen LogP contribution < -0.4 is 20.5 Å². The summed E-state index contributed by atoms with van der Waals surface area (Å²) in [5, 5.41) is 2.78. The number of rotatable bonds is 6. The second-order valence-corrected chi connectivity index (χ2v) is 5.69. The van der Waals surface area contributed by atoms with Crippen molar-refractivity contribution >= 4 is 18.3 Å². The van der Waals surface area contributed by atoms with E-state index < -0.39 is 6.61 Å². The second-order valence-electron chi connectivity index (χ2n) is 5.69. The average Bonchev–Trinajstić information content (AvgIpc) is 2.53. The van der Waals surface area contributed by atoms with Crippen LogP contribution in [-0.2, 0) is 11.3 Å². The van der Waals surface area contributed by atoms with Crippen molar-refractivity contribution in [1.29, 1.82) is 0 Å². The van der Waals surface area contributed by atoms with E-state index in [2.05, 4.69) is 10.1 Å². The Balaban J connectivity index is 0.00000288. The van der Waals surface area contributed by atoms with E-state index in [-0.39, 0.29) is 42.6 Å². The van der Waals surface area contributed by atoms with Crippen molar-refractivity contribution in [3.8, 4) is 11.5 Å². The van der Waals surface area contributed by atoms with Gasteiger partial charge in [-0.3, -0.25) is 4.79 Å². The molecule has 0 spiro atoms. The largest absolute Gasteiger partial charge is 0.497 e. The van der Waals surface area contributed by atoms with E-state index in [1.54, 1.807) is 6.07 Å². The Morgan fingerprint density at radius 2 is 2.17 bits per heavy atom. The third kappa shape index (κ3) is 5.79. The molecule has 1 fully saturated rings. The lowest BCUT2D eigenvalue weighted by atomic mass is 9.85. The van der Waals surface area contributed by atoms with E-state index in [0.717, 1.165) is 19.3 Å². The summed E-state index contributed by atoms with van der Waals surface area (Å²) in [6.45, 7) is -2.82. The van der Waals surface area contributed by atoms with Gasteiger partial charge in [-0.1, -0.05) is 6.42 Å². The van der Waals surface area contributed by atoms with Crippen LogP contribution in [0.2, 0.25) is 0 Å². The standard InChI is InChI=1S/C16H22F2N2O3.ClH/c1-22-13-5-6-14(23-16(17)18)11(8-13)9-20-15(21)10-3-2-4-12(19)7-10;/h5-6,8,10,12,16H,2-4,7,9,19H2,1H3,(H,20,21);1H. The number of carbonyl (C=O) groups is 1. The molecule has 0 radical (unpaired) electrons. The molecule has 5 nitrogen and oxygen atoms in total. The Morgan fingerprint density at radius 1 is 1.42 bits per heavy atom. The van der Waals surface area contributed by atoms with E-state index in [0.29, 0.717) is 17.7 Å². The topological polar surface area (TPSA) is 73.6 Å². The number of carbonyl (C=O) groups excluding carboxylic acids is 1. The number of hydrogen-bond donors (Lipinski definition) is 2. The van der Waals surface area contributed by atoms with Crippen molar-refractivity contribution in [1.82, 2.24) is 5.32 Å². The van der Waals surface area contributed by atoms with Crippen molar-refractivity contribution < 1.29 is 23.0 Å². The van der Waals surface area contributed by atoms with E-state index >= 15 is 0 Å². The van der Waals surface area contributed by atoms with Crippen molar-refractivity contribution in [2.75, 3.05) is 7.11 Å². The molecule has 1 aliphatic carbocycles. The summed E-state index contributed by atoms with van der Waals surface area (Å²) >= 11 is 0. The van der Waals surface area contributed by atoms with Crippen molar-refractivity contribution in [3.63, 3.8) is 0 Å². The number of methoxy groups -OCH3 is 1. The minimum atomic E-state index is -2.92. The van der Waals surface area contributed by atoms with Gasteiger partial charge in [0.05, 0.1) is 7.11 Å². The van der Waals surface area contributed by atoms with Gasteiger partial charge in [-0.2, -0.15) is 8.78 Å². The SMILES string of the molecule is COc1ccc(OC(F)F)c(CNC(=O)C2CCCC(N)C2)c1.Cl. The first-order valence-corrected chi connectivity index (χ1v) is 7.64. The van der Waals surface area contributed by atoms with Crippen LogP contribution in [0, 0.1) is 5.92 Å². The van der Waals surface area contributed by atoms with Gasteiger partial charge in [0.2, 0.25) is 5.91 Å². The zero-order valence-corrected chi connectivity index (χ0v) is 14.3. The van der Waals surface area contributed by atoms with Gasteiger partial charge in [0, 0.05) is 24.1 Å². The highest BCUT2D eigenvalue weighted by Crippen LogP contribution is 2.27. The molecule has 24 heavy (non-hydrogen) atoms. The summed E-state index contributed by atoms with van der Waals surface area (Å²) in [7, 11) is 1.48. The quantitative estimate of drug-likeness (QED) is 0.814. The molecule has 0 bridgehead atoms. The van der Waals surface area contributed by atoms with Crippen LogP contribution in [-0.4, -0.2) is 25.7 Å². The third-order valence-corrected chi connectivity index (χ3v) is 4.02. The van der Waals surface area contributed by atoms with Crippen LogP contribution in [0.25, 0.3) is 0 Å². The fourth-order valence-corrected chi connectivity index (χ4v) is 2.82. The van der Waals surface area contributed by atoms with Crippen LogP contribution in [0.15, 0.2) is 18.2 Å². The van der Waals surface area contributed by atoms with E-state index in [4.69, 9.17) is 10.5 Å². The summed E-state index contributed by atoms with van der Waals surface area (Å²) in [5.74, 6) is 0.312. The highest BCUT2D eigenvalue weighted by atomic mass is 35.5. The first-order valence-electron chi connectivity index (χ1n) is 7.64. The molecule has 1 amide bonds. The van der Waals surface area contributed by atoms with Gasteiger partial charge in [-0.25, -0.2) is 0 Å². The molecule has 0 aliphatic heterocycles. The van der Waals surface area contributed by atoms with Gasteiger partial charge in [0.25, 0.3) is 0 Å². The van der Waals surface area contributed by atoms with Gasteiger partial charge >= 0.3 is 6.61 Å². The molecule has 8 heteroatoms. The predicted molar refractivity (Wildman–Crippen MR) is 88.7 cm³/mol. The van der Waals surface area contributed by atoms with E-state index in [1.807, 2.05) is 0 Å². The maximum absolute atomic E-state index is 12.5. The lowest BCUT2D eigenvalue weighted by molar-refractivity contribution is -0.126. The lowest BCUT2D eigenvalue weighted by Crippen LogP contribution is -2.37. The molecular weight excluding hydrogens is 342 g/mol. The normalized spacial score (nSPS) is 20.2. The Kier molecular flexibility index (Phi) is 8.21. The maximum atomic E-state index is 12.5. The van der Waals surface area contributed by atoms with Gasteiger partial charge in [-0.05, 0) is 37.5 Å². The molecule has 1 aliphatic rings. The summed E-state index contributed by atoms with van der Waals surface area (Å²) in [4.78, 5) is 12.2. The highest BCUT2D eigenvalue weighted by Gasteiger charge is 2.25. The molecule has 2 unspecified atom stereocenters. The summed E-state index contributed by atoms with van der Waals surface area (Å²) < 4.78 is 34.5. The number of amides is 1. The van der Waals surface area contributed by atoms with Crippen molar-refractivity contribution in [2.24, 2.45) is 11.7 Å². The highest BCUT2D eigenvalue weighted by molar-refractivity contribution is 5.85. The van der Waals surface area contributed by atoms with Crippen LogP contribution in [0.4, 0.5) is 8.78 Å². The molecular formula is C16H23ClF2N2O3. The summed E-state index contributed by atoms with van der Waals surface area (Å²) in [6, 6.07) is 4.56. The summed E-state index contributed by atoms with van der Waals surface area (Å²) in [5.41, 5.74) is 6.33. The number of ether oxygens (including phenoxy) is 2. The Bertz CT molecular complexity index is 546. The van der Waals surface area contributed by atoms with Gasteiger partial charge in [-0.15, -0.1) is 12.4 Å². The lowest BCUT2D eigenvalue weighted by Gasteiger charge is -2.25. The Hall–Kier alpha value is -1.60. The fraction of sp³-hybridized carbons (Fsp3) is 0.562. The minimum Gasteiger partial charge on any atom is -0.497 e. The van der Waals surface area contributed by atoms with Gasteiger partial charge < -0.3 is 20.5 Å². The van der Waals surface area contributed by atoms with Crippen LogP contribution in [0.3, 0.4) is 0 Å². The van der Waals surface area contributed by atoms with Crippen molar-refractivity contribution in [2.45, 2.75) is 44.9 Å². The smallest absolute Gasteiger partial charge is 0.387 e. The zero-order chi connectivity index (χ0) is 16.8. The Morgan fingerprint density at radius 3 is 2.79 bits per heavy atom. The monoisotopic (exact) mass is 364 g/mol. The molecule has 0 saturated heterocycles. The molecule has 1 saturated carbocycles. The average molecular weight is 365 g/mol. The zero-order valence-electron chi connectivity index (χ0n) is 13.5. The van der Waals surface area contributed by atoms with E-state index in [1.165, 1.54) is 19.2 Å². The number of nitrogens with one attached hydrogen (secondary N) is 1. The molecule has 2 atom stereocenters. The molecule has 0 heterocycles. The van der Waals surface area contributed by atoms with Crippen LogP contribution in [0.5, 0.6) is 11.5 Å². The van der Waals surface area contributed by atoms with E-state index in [9.17, 15) is 13.6 Å². The maximum Gasteiger partial charge on any atom is 0.387 e. The molecule has 1 aromatic carbocycles. The number of alkyl halides is 2. The number of benzene rings is 1. The van der Waals surface area contributed by atoms with Gasteiger partial charge in [0.15, 0.2) is 0 Å². The fourth-order valence-electron chi connectivity index (χ4n) is 2.82. The molecule has 1 aromatic rings. The third-order valence-electron chi connectivity index (χ3n) is 4.02. The van der Waals surface area contributed by atoms with Crippen LogP contribution >= 0.6 is 12.4 Å². The molecule has 136 valence electrons. The minimum absolute atomic E-state index is 0. The predicted octanol–water partition coefficient (Wildman–Crippen LogP) is 2.85. The summed E-state index contributed by atoms with van der Waals surface area (Å²) in [6.07, 6.45) is 3.33. The van der Waals surface area contributed by atoms with Crippen LogP contribution in [0.1, 0.15) is 31.2 Å².